The molecule has 0 saturated carbocycles. The Morgan fingerprint density at radius 1 is 0.893 bits per heavy atom. The maximum absolute atomic E-state index is 5.58. The number of nitrogens with zero attached hydrogens (tertiary/aromatic N) is 4. The topological polar surface area (TPSA) is 52.3 Å². The lowest BCUT2D eigenvalue weighted by Crippen LogP contribution is -1.98. The second-order valence-corrected chi connectivity index (χ2v) is 6.46. The van der Waals surface area contributed by atoms with Gasteiger partial charge in [0.2, 0.25) is 0 Å². The lowest BCUT2D eigenvalue weighted by molar-refractivity contribution is 0.340. The van der Waals surface area contributed by atoms with Gasteiger partial charge < -0.3 is 4.74 Å². The first-order valence-corrected chi connectivity index (χ1v) is 9.26. The van der Waals surface area contributed by atoms with Crippen LogP contribution >= 0.6 is 0 Å². The average molecular weight is 366 g/mol. The van der Waals surface area contributed by atoms with E-state index < -0.39 is 0 Å². The van der Waals surface area contributed by atoms with Crippen molar-refractivity contribution in [2.45, 2.75) is 6.92 Å². The Labute approximate surface area is 162 Å². The van der Waals surface area contributed by atoms with Gasteiger partial charge in [0.25, 0.3) is 0 Å². The van der Waals surface area contributed by atoms with Crippen LogP contribution in [0.3, 0.4) is 0 Å². The molecule has 3 aromatic heterocycles. The molecule has 2 aromatic carbocycles. The molecule has 5 aromatic rings. The summed E-state index contributed by atoms with van der Waals surface area (Å²) in [7, 11) is 0. The highest BCUT2D eigenvalue weighted by Gasteiger charge is 2.14. The number of hydrogen-bond acceptors (Lipinski definition) is 4. The van der Waals surface area contributed by atoms with Crippen LogP contribution in [0, 0.1) is 0 Å². The lowest BCUT2D eigenvalue weighted by Gasteiger charge is -2.10. The number of benzene rings is 2. The van der Waals surface area contributed by atoms with Crippen molar-refractivity contribution in [1.29, 1.82) is 0 Å². The number of pyridine rings is 1. The van der Waals surface area contributed by atoms with Crippen molar-refractivity contribution < 1.29 is 4.74 Å². The van der Waals surface area contributed by atoms with E-state index in [1.807, 2.05) is 66.0 Å². The minimum absolute atomic E-state index is 0.646. The van der Waals surface area contributed by atoms with Gasteiger partial charge in [-0.3, -0.25) is 0 Å². The van der Waals surface area contributed by atoms with Crippen molar-refractivity contribution in [3.63, 3.8) is 0 Å². The summed E-state index contributed by atoms with van der Waals surface area (Å²) in [6, 6.07) is 24.2. The number of rotatable bonds is 4. The Morgan fingerprint density at radius 3 is 2.50 bits per heavy atom. The van der Waals surface area contributed by atoms with Crippen LogP contribution in [-0.2, 0) is 0 Å². The highest BCUT2D eigenvalue weighted by molar-refractivity contribution is 5.91. The van der Waals surface area contributed by atoms with Gasteiger partial charge >= 0.3 is 0 Å². The predicted octanol–water partition coefficient (Wildman–Crippen LogP) is 5.01. The first-order valence-electron chi connectivity index (χ1n) is 9.26. The zero-order valence-corrected chi connectivity index (χ0v) is 15.4. The van der Waals surface area contributed by atoms with Crippen molar-refractivity contribution in [3.8, 4) is 28.3 Å². The Kier molecular flexibility index (Phi) is 3.98. The van der Waals surface area contributed by atoms with Crippen molar-refractivity contribution in [2.24, 2.45) is 0 Å². The molecule has 0 fully saturated rings. The Hall–Kier alpha value is -3.73. The first kappa shape index (κ1) is 16.4. The highest BCUT2D eigenvalue weighted by atomic mass is 16.5. The van der Waals surface area contributed by atoms with Crippen LogP contribution < -0.4 is 4.74 Å². The molecule has 0 bridgehead atoms. The summed E-state index contributed by atoms with van der Waals surface area (Å²) in [5.74, 6) is 0.854. The van der Waals surface area contributed by atoms with Gasteiger partial charge in [-0.1, -0.05) is 30.3 Å². The second-order valence-electron chi connectivity index (χ2n) is 6.46. The SMILES string of the molecule is CCOc1ccc(-c2cc(-c3ccccc3)nc3c4cccnc4nn23)cc1. The molecule has 0 spiro atoms. The number of aromatic nitrogens is 4. The minimum Gasteiger partial charge on any atom is -0.494 e. The van der Waals surface area contributed by atoms with E-state index in [-0.39, 0.29) is 0 Å². The molecule has 0 radical (unpaired) electrons. The van der Waals surface area contributed by atoms with Gasteiger partial charge in [0, 0.05) is 17.3 Å². The normalized spacial score (nSPS) is 11.2. The maximum atomic E-state index is 5.58. The minimum atomic E-state index is 0.646. The van der Waals surface area contributed by atoms with Crippen LogP contribution in [0.1, 0.15) is 6.92 Å². The quantitative estimate of drug-likeness (QED) is 0.449. The molecule has 3 heterocycles. The van der Waals surface area contributed by atoms with Gasteiger partial charge in [-0.15, -0.1) is 5.10 Å². The maximum Gasteiger partial charge on any atom is 0.183 e. The van der Waals surface area contributed by atoms with Crippen molar-refractivity contribution in [2.75, 3.05) is 6.61 Å². The fraction of sp³-hybridized carbons (Fsp3) is 0.0870. The van der Waals surface area contributed by atoms with Crippen LogP contribution in [-0.4, -0.2) is 26.2 Å². The summed E-state index contributed by atoms with van der Waals surface area (Å²) in [5.41, 5.74) is 5.46. The summed E-state index contributed by atoms with van der Waals surface area (Å²) in [4.78, 5) is 9.30. The van der Waals surface area contributed by atoms with Gasteiger partial charge in [-0.2, -0.15) is 0 Å². The summed E-state index contributed by atoms with van der Waals surface area (Å²) >= 11 is 0. The van der Waals surface area contributed by atoms with Gasteiger partial charge in [-0.25, -0.2) is 14.5 Å². The molecule has 0 aliphatic heterocycles. The molecule has 0 unspecified atom stereocenters. The molecule has 0 saturated heterocycles. The summed E-state index contributed by atoms with van der Waals surface area (Å²) in [6.07, 6.45) is 1.75. The standard InChI is InChI=1S/C23H18N4O/c1-2-28-18-12-10-17(11-13-18)21-15-20(16-7-4-3-5-8-16)25-23-19-9-6-14-24-22(19)26-27(21)23/h3-15H,2H2,1H3. The van der Waals surface area contributed by atoms with E-state index in [0.29, 0.717) is 12.3 Å². The summed E-state index contributed by atoms with van der Waals surface area (Å²) in [5, 5.41) is 5.63. The largest absolute Gasteiger partial charge is 0.494 e. The summed E-state index contributed by atoms with van der Waals surface area (Å²) in [6.45, 7) is 2.63. The molecule has 0 atom stereocenters. The fourth-order valence-electron chi connectivity index (χ4n) is 3.37. The predicted molar refractivity (Wildman–Crippen MR) is 110 cm³/mol. The first-order chi connectivity index (χ1) is 13.8. The third-order valence-corrected chi connectivity index (χ3v) is 4.68. The number of fused-ring (bicyclic) bond motifs is 3. The van der Waals surface area contributed by atoms with Crippen LogP contribution in [0.4, 0.5) is 0 Å². The fourth-order valence-corrected chi connectivity index (χ4v) is 3.37. The highest BCUT2D eigenvalue weighted by Crippen LogP contribution is 2.29. The van der Waals surface area contributed by atoms with Crippen molar-refractivity contribution >= 4 is 16.7 Å². The molecule has 136 valence electrons. The Morgan fingerprint density at radius 2 is 1.71 bits per heavy atom. The molecular weight excluding hydrogens is 348 g/mol. The zero-order valence-electron chi connectivity index (χ0n) is 15.4. The summed E-state index contributed by atoms with van der Waals surface area (Å²) < 4.78 is 7.46. The molecule has 0 amide bonds. The van der Waals surface area contributed by atoms with Crippen LogP contribution in [0.5, 0.6) is 5.75 Å². The lowest BCUT2D eigenvalue weighted by atomic mass is 10.1. The van der Waals surface area contributed by atoms with Crippen LogP contribution in [0.2, 0.25) is 0 Å². The van der Waals surface area contributed by atoms with Crippen molar-refractivity contribution in [3.05, 3.63) is 79.0 Å². The molecule has 0 N–H and O–H groups in total. The monoisotopic (exact) mass is 366 g/mol. The van der Waals surface area contributed by atoms with Gasteiger partial charge in [0.05, 0.1) is 23.4 Å². The second kappa shape index (κ2) is 6.78. The Bertz CT molecular complexity index is 1260. The van der Waals surface area contributed by atoms with Crippen LogP contribution in [0.25, 0.3) is 39.2 Å². The number of ether oxygens (including phenoxy) is 1. The molecule has 5 nitrogen and oxygen atoms in total. The van der Waals surface area contributed by atoms with E-state index in [4.69, 9.17) is 14.8 Å². The van der Waals surface area contributed by atoms with Crippen LogP contribution in [0.15, 0.2) is 79.0 Å². The average Bonchev–Trinajstić information content (AvgIpc) is 3.13. The molecule has 5 heteroatoms. The van der Waals surface area contributed by atoms with Gasteiger partial charge in [0.15, 0.2) is 11.3 Å². The van der Waals surface area contributed by atoms with E-state index in [2.05, 4.69) is 23.2 Å². The zero-order chi connectivity index (χ0) is 18.9. The smallest absolute Gasteiger partial charge is 0.183 e. The van der Waals surface area contributed by atoms with E-state index in [9.17, 15) is 0 Å². The van der Waals surface area contributed by atoms with E-state index in [0.717, 1.165) is 39.3 Å². The van der Waals surface area contributed by atoms with Gasteiger partial charge in [-0.05, 0) is 49.4 Å². The van der Waals surface area contributed by atoms with Gasteiger partial charge in [0.1, 0.15) is 5.75 Å². The molecule has 28 heavy (non-hydrogen) atoms. The molecular formula is C23H18N4O. The molecule has 5 rings (SSSR count). The van der Waals surface area contributed by atoms with E-state index >= 15 is 0 Å². The molecule has 0 aliphatic carbocycles. The third kappa shape index (κ3) is 2.77. The number of hydrogen-bond donors (Lipinski definition) is 0. The van der Waals surface area contributed by atoms with E-state index in [1.54, 1.807) is 6.20 Å². The Balaban J connectivity index is 1.78. The van der Waals surface area contributed by atoms with Crippen molar-refractivity contribution in [1.82, 2.24) is 19.6 Å². The molecule has 0 aliphatic rings. The van der Waals surface area contributed by atoms with E-state index in [1.165, 1.54) is 0 Å². The third-order valence-electron chi connectivity index (χ3n) is 4.68.